The molecule has 28 heavy (non-hydrogen) atoms. The van der Waals surface area contributed by atoms with Crippen LogP contribution < -0.4 is 16.0 Å². The highest BCUT2D eigenvalue weighted by Crippen LogP contribution is 2.32. The third-order valence-electron chi connectivity index (χ3n) is 6.12. The minimum Gasteiger partial charge on any atom is -0.346 e. The van der Waals surface area contributed by atoms with Crippen molar-refractivity contribution in [2.75, 3.05) is 0 Å². The van der Waals surface area contributed by atoms with Crippen LogP contribution in [-0.2, 0) is 14.6 Å². The van der Waals surface area contributed by atoms with Gasteiger partial charge in [0.2, 0.25) is 0 Å². The molecule has 2 aliphatic carbocycles. The summed E-state index contributed by atoms with van der Waals surface area (Å²) in [5.74, 6) is -0.808. The Morgan fingerprint density at radius 3 is 2.32 bits per heavy atom. The summed E-state index contributed by atoms with van der Waals surface area (Å²) in [5, 5.41) is 7.48. The fraction of sp³-hybridized carbons (Fsp3) is 0.526. The highest BCUT2D eigenvalue weighted by atomic mass is 32.2. The van der Waals surface area contributed by atoms with Gasteiger partial charge in [-0.05, 0) is 49.9 Å². The Kier molecular flexibility index (Phi) is 4.65. The van der Waals surface area contributed by atoms with Crippen molar-refractivity contribution in [3.63, 3.8) is 0 Å². The lowest BCUT2D eigenvalue weighted by atomic mass is 9.77. The average Bonchev–Trinajstić information content (AvgIpc) is 2.89. The van der Waals surface area contributed by atoms with Gasteiger partial charge in [-0.3, -0.25) is 14.9 Å². The maximum absolute atomic E-state index is 12.7. The van der Waals surface area contributed by atoms with E-state index in [9.17, 15) is 22.8 Å². The third-order valence-corrected chi connectivity index (χ3v) is 8.40. The van der Waals surface area contributed by atoms with Gasteiger partial charge in [0.25, 0.3) is 11.8 Å². The quantitative estimate of drug-likeness (QED) is 0.651. The second-order valence-electron chi connectivity index (χ2n) is 7.77. The maximum atomic E-state index is 12.7. The number of amides is 4. The van der Waals surface area contributed by atoms with Crippen molar-refractivity contribution in [1.82, 2.24) is 16.0 Å². The van der Waals surface area contributed by atoms with Gasteiger partial charge in [-0.1, -0.05) is 19.3 Å². The van der Waals surface area contributed by atoms with Gasteiger partial charge < -0.3 is 10.6 Å². The monoisotopic (exact) mass is 405 g/mol. The van der Waals surface area contributed by atoms with Gasteiger partial charge in [-0.15, -0.1) is 0 Å². The number of sulfone groups is 1. The van der Waals surface area contributed by atoms with Crippen LogP contribution in [0.15, 0.2) is 29.2 Å². The van der Waals surface area contributed by atoms with E-state index in [1.807, 2.05) is 0 Å². The van der Waals surface area contributed by atoms with Gasteiger partial charge in [-0.25, -0.2) is 13.2 Å². The predicted octanol–water partition coefficient (Wildman–Crippen LogP) is 1.26. The topological polar surface area (TPSA) is 121 Å². The zero-order chi connectivity index (χ0) is 19.9. The molecule has 0 radical (unpaired) electrons. The summed E-state index contributed by atoms with van der Waals surface area (Å²) in [6, 6.07) is 4.84. The van der Waals surface area contributed by atoms with Crippen LogP contribution in [0.5, 0.6) is 0 Å². The predicted molar refractivity (Wildman–Crippen MR) is 100 cm³/mol. The molecule has 9 heteroatoms. The van der Waals surface area contributed by atoms with Gasteiger partial charge in [0.05, 0.1) is 16.2 Å². The van der Waals surface area contributed by atoms with E-state index in [2.05, 4.69) is 16.0 Å². The van der Waals surface area contributed by atoms with Crippen molar-refractivity contribution in [2.24, 2.45) is 0 Å². The van der Waals surface area contributed by atoms with E-state index in [-0.39, 0.29) is 10.1 Å². The van der Waals surface area contributed by atoms with Gasteiger partial charge in [0.1, 0.15) is 5.54 Å². The molecule has 1 saturated heterocycles. The van der Waals surface area contributed by atoms with Gasteiger partial charge in [0, 0.05) is 5.56 Å². The normalized spacial score (nSPS) is 27.8. The first-order chi connectivity index (χ1) is 13.3. The molecule has 8 nitrogen and oxygen atoms in total. The molecule has 3 aliphatic rings. The molecule has 0 aromatic heterocycles. The van der Waals surface area contributed by atoms with E-state index >= 15 is 0 Å². The highest BCUT2D eigenvalue weighted by molar-refractivity contribution is 7.92. The van der Waals surface area contributed by atoms with E-state index in [0.29, 0.717) is 31.2 Å². The summed E-state index contributed by atoms with van der Waals surface area (Å²) in [6.07, 6.45) is 4.96. The van der Waals surface area contributed by atoms with Crippen molar-refractivity contribution in [1.29, 1.82) is 0 Å². The molecule has 1 aliphatic heterocycles. The van der Waals surface area contributed by atoms with Crippen LogP contribution in [0.2, 0.25) is 0 Å². The number of nitrogens with one attached hydrogen (secondary N) is 3. The molecular weight excluding hydrogens is 382 g/mol. The maximum Gasteiger partial charge on any atom is 0.322 e. The first-order valence-electron chi connectivity index (χ1n) is 9.61. The third kappa shape index (κ3) is 3.07. The summed E-state index contributed by atoms with van der Waals surface area (Å²) < 4.78 is 24.9. The highest BCUT2D eigenvalue weighted by Gasteiger charge is 2.53. The summed E-state index contributed by atoms with van der Waals surface area (Å²) in [7, 11) is -3.34. The van der Waals surface area contributed by atoms with Crippen molar-refractivity contribution in [3.05, 3.63) is 29.8 Å². The molecule has 2 saturated carbocycles. The standard InChI is InChI=1S/C19H23N3O5S/c23-16(12-7-9-14(10-8-12)28(26,27)13-4-3-5-13)20-15-6-1-2-11-19(15)17(24)21-18(25)22-19/h7-10,13,15H,1-6,11H2,(H,20,23)(H2,21,22,24,25). The second-order valence-corrected chi connectivity index (χ2v) is 10.0. The molecule has 1 spiro atoms. The average molecular weight is 405 g/mol. The minimum absolute atomic E-state index is 0.227. The summed E-state index contributed by atoms with van der Waals surface area (Å²) in [6.45, 7) is 0. The second kappa shape index (κ2) is 6.88. The molecule has 1 aromatic rings. The summed E-state index contributed by atoms with van der Waals surface area (Å²) in [4.78, 5) is 36.9. The van der Waals surface area contributed by atoms with Gasteiger partial charge in [-0.2, -0.15) is 0 Å². The zero-order valence-corrected chi connectivity index (χ0v) is 16.2. The molecule has 4 amide bonds. The Morgan fingerprint density at radius 2 is 1.75 bits per heavy atom. The number of benzene rings is 1. The Balaban J connectivity index is 1.50. The van der Waals surface area contributed by atoms with E-state index in [4.69, 9.17) is 0 Å². The van der Waals surface area contributed by atoms with E-state index in [1.54, 1.807) is 0 Å². The number of carbonyl (C=O) groups is 3. The van der Waals surface area contributed by atoms with Crippen LogP contribution in [0.3, 0.4) is 0 Å². The number of carbonyl (C=O) groups excluding carboxylic acids is 3. The van der Waals surface area contributed by atoms with Crippen molar-refractivity contribution in [2.45, 2.75) is 66.7 Å². The molecule has 3 N–H and O–H groups in total. The first kappa shape index (κ1) is 18.9. The first-order valence-corrected chi connectivity index (χ1v) is 11.2. The number of hydrogen-bond acceptors (Lipinski definition) is 5. The largest absolute Gasteiger partial charge is 0.346 e. The Morgan fingerprint density at radius 1 is 1.04 bits per heavy atom. The number of hydrogen-bond donors (Lipinski definition) is 3. The molecule has 2 unspecified atom stereocenters. The Hall–Kier alpha value is -2.42. The molecule has 1 aromatic carbocycles. The number of rotatable bonds is 4. The van der Waals surface area contributed by atoms with E-state index < -0.39 is 39.3 Å². The molecule has 2 atom stereocenters. The number of imide groups is 1. The van der Waals surface area contributed by atoms with Crippen LogP contribution in [0.4, 0.5) is 4.79 Å². The minimum atomic E-state index is -3.34. The van der Waals surface area contributed by atoms with Crippen LogP contribution in [0, 0.1) is 0 Å². The smallest absolute Gasteiger partial charge is 0.322 e. The zero-order valence-electron chi connectivity index (χ0n) is 15.4. The lowest BCUT2D eigenvalue weighted by Crippen LogP contribution is -2.63. The Bertz CT molecular complexity index is 923. The van der Waals surface area contributed by atoms with Gasteiger partial charge in [0.15, 0.2) is 9.84 Å². The number of urea groups is 1. The lowest BCUT2D eigenvalue weighted by Gasteiger charge is -2.38. The van der Waals surface area contributed by atoms with Gasteiger partial charge >= 0.3 is 6.03 Å². The van der Waals surface area contributed by atoms with Crippen LogP contribution in [0.25, 0.3) is 0 Å². The molecule has 0 bridgehead atoms. The Labute approximate surface area is 163 Å². The molecular formula is C19H23N3O5S. The van der Waals surface area contributed by atoms with Crippen LogP contribution in [-0.4, -0.2) is 43.1 Å². The summed E-state index contributed by atoms with van der Waals surface area (Å²) >= 11 is 0. The van der Waals surface area contributed by atoms with Crippen molar-refractivity contribution in [3.8, 4) is 0 Å². The van der Waals surface area contributed by atoms with Crippen LogP contribution >= 0.6 is 0 Å². The van der Waals surface area contributed by atoms with Crippen molar-refractivity contribution < 1.29 is 22.8 Å². The fourth-order valence-electron chi connectivity index (χ4n) is 4.21. The molecule has 1 heterocycles. The van der Waals surface area contributed by atoms with Crippen LogP contribution in [0.1, 0.15) is 55.3 Å². The SMILES string of the molecule is O=C1NC(=O)C2(CCCCC2NC(=O)c2ccc(S(=O)(=O)C3CCC3)cc2)N1. The lowest BCUT2D eigenvalue weighted by molar-refractivity contribution is -0.125. The molecule has 4 rings (SSSR count). The fourth-order valence-corrected chi connectivity index (χ4v) is 6.06. The summed E-state index contributed by atoms with van der Waals surface area (Å²) in [5.41, 5.74) is -0.795. The molecule has 3 fully saturated rings. The van der Waals surface area contributed by atoms with E-state index in [0.717, 1.165) is 19.3 Å². The van der Waals surface area contributed by atoms with E-state index in [1.165, 1.54) is 24.3 Å². The molecule has 150 valence electrons. The van der Waals surface area contributed by atoms with Crippen molar-refractivity contribution >= 4 is 27.7 Å².